The molecule has 0 aliphatic heterocycles. The van der Waals surface area contributed by atoms with Crippen LogP contribution < -0.4 is 0 Å². The van der Waals surface area contributed by atoms with Gasteiger partial charge in [-0.1, -0.05) is 0 Å². The van der Waals surface area contributed by atoms with Crippen LogP contribution in [0.25, 0.3) is 0 Å². The lowest BCUT2D eigenvalue weighted by atomic mass is 10.3. The molecule has 0 bridgehead atoms. The van der Waals surface area contributed by atoms with Gasteiger partial charge in [-0.25, -0.2) is 9.36 Å². The van der Waals surface area contributed by atoms with E-state index in [4.69, 9.17) is 30.0 Å². The lowest BCUT2D eigenvalue weighted by molar-refractivity contribution is -0.139. The molecule has 0 atom stereocenters. The molecule has 0 aliphatic carbocycles. The van der Waals surface area contributed by atoms with Crippen molar-refractivity contribution in [1.82, 2.24) is 0 Å². The van der Waals surface area contributed by atoms with Crippen molar-refractivity contribution < 1.29 is 43.8 Å². The van der Waals surface area contributed by atoms with E-state index < -0.39 is 27.7 Å². The molecule has 78 valence electrons. The van der Waals surface area contributed by atoms with Gasteiger partial charge in [0.15, 0.2) is 6.61 Å². The van der Waals surface area contributed by atoms with Crippen LogP contribution in [0.3, 0.4) is 0 Å². The first-order chi connectivity index (χ1) is 5.65. The molecule has 0 amide bonds. The van der Waals surface area contributed by atoms with E-state index in [9.17, 15) is 9.36 Å². The summed E-state index contributed by atoms with van der Waals surface area (Å²) in [6.07, 6.45) is 0. The van der Waals surface area contributed by atoms with Gasteiger partial charge in [0.2, 0.25) is 0 Å². The van der Waals surface area contributed by atoms with Crippen molar-refractivity contribution >= 4 is 21.1 Å². The van der Waals surface area contributed by atoms with Crippen LogP contribution in [0.15, 0.2) is 0 Å². The van der Waals surface area contributed by atoms with Crippen LogP contribution in [-0.2, 0) is 13.9 Å². The number of hydrogen-bond acceptors (Lipinski definition) is 6. The van der Waals surface area contributed by atoms with Gasteiger partial charge in [-0.15, -0.1) is 0 Å². The zero-order chi connectivity index (χ0) is 11.1. The van der Waals surface area contributed by atoms with Crippen molar-refractivity contribution in [3.63, 3.8) is 0 Å². The molecule has 0 saturated carbocycles. The van der Waals surface area contributed by atoms with Crippen LogP contribution in [0.4, 0.5) is 0 Å². The van der Waals surface area contributed by atoms with Crippen LogP contribution in [0.5, 0.6) is 0 Å². The zero-order valence-electron chi connectivity index (χ0n) is 6.14. The van der Waals surface area contributed by atoms with Crippen LogP contribution >= 0.6 is 7.82 Å². The summed E-state index contributed by atoms with van der Waals surface area (Å²) >= 11 is 0. The van der Waals surface area contributed by atoms with Gasteiger partial charge >= 0.3 is 21.1 Å². The summed E-state index contributed by atoms with van der Waals surface area (Å²) in [6, 6.07) is 0. The van der Waals surface area contributed by atoms with E-state index in [0.717, 1.165) is 0 Å². The van der Waals surface area contributed by atoms with Crippen LogP contribution in [-0.4, -0.2) is 49.9 Å². The third-order valence-corrected chi connectivity index (χ3v) is 0.822. The van der Waals surface area contributed by atoms with Gasteiger partial charge in [-0.2, -0.15) is 0 Å². The summed E-state index contributed by atoms with van der Waals surface area (Å²) in [5.74, 6) is -1.42. The molecule has 0 fully saturated rings. The third-order valence-electron chi connectivity index (χ3n) is 0.356. The van der Waals surface area contributed by atoms with Crippen molar-refractivity contribution in [2.45, 2.75) is 0 Å². The Hall–Kier alpha value is -0.475. The standard InChI is InChI=1S/C2H5O6P.BH3O3/c3-2(4)1-8-9(5,6)7;2-1(3)4/h1H2,(H,3,4)(H2,5,6,7);2-4H. The topological polar surface area (TPSA) is 165 Å². The second-order valence-corrected chi connectivity index (χ2v) is 2.74. The van der Waals surface area contributed by atoms with E-state index in [0.29, 0.717) is 0 Å². The SMILES string of the molecule is O=C(O)COP(=O)(O)O.OB(O)O. The Morgan fingerprint density at radius 1 is 1.31 bits per heavy atom. The number of carbonyl (C=O) groups is 1. The fraction of sp³-hybridized carbons (Fsp3) is 0.500. The molecule has 0 aromatic carbocycles. The van der Waals surface area contributed by atoms with Crippen LogP contribution in [0.2, 0.25) is 0 Å². The number of phosphoric acid groups is 1. The van der Waals surface area contributed by atoms with Gasteiger partial charge in [-0.3, -0.25) is 4.52 Å². The molecular weight excluding hydrogens is 210 g/mol. The summed E-state index contributed by atoms with van der Waals surface area (Å²) in [5.41, 5.74) is 0. The molecule has 0 aromatic heterocycles. The molecule has 0 aliphatic rings. The highest BCUT2D eigenvalue weighted by atomic mass is 31.2. The van der Waals surface area contributed by atoms with E-state index >= 15 is 0 Å². The molecule has 0 spiro atoms. The van der Waals surface area contributed by atoms with Gasteiger partial charge in [0.05, 0.1) is 0 Å². The number of aliphatic carboxylic acids is 1. The molecule has 0 unspecified atom stereocenters. The second-order valence-electron chi connectivity index (χ2n) is 1.50. The minimum absolute atomic E-state index is 0.982. The monoisotopic (exact) mass is 218 g/mol. The Morgan fingerprint density at radius 3 is 1.69 bits per heavy atom. The number of phosphoric ester groups is 1. The highest BCUT2D eigenvalue weighted by Crippen LogP contribution is 2.35. The van der Waals surface area contributed by atoms with Crippen molar-refractivity contribution in [2.24, 2.45) is 0 Å². The number of carboxylic acid groups (broad SMARTS) is 1. The fourth-order valence-corrected chi connectivity index (χ4v) is 0.418. The largest absolute Gasteiger partial charge is 0.631 e. The molecule has 0 saturated heterocycles. The molecular formula is C2H8BO9P. The maximum absolute atomic E-state index is 9.74. The first-order valence-electron chi connectivity index (χ1n) is 2.61. The fourth-order valence-electron chi connectivity index (χ4n) is 0.139. The van der Waals surface area contributed by atoms with E-state index in [2.05, 4.69) is 4.52 Å². The Labute approximate surface area is 72.6 Å². The summed E-state index contributed by atoms with van der Waals surface area (Å²) in [4.78, 5) is 25.4. The average Bonchev–Trinajstić information content (AvgIpc) is 1.80. The Bertz CT molecular complexity index is 181. The summed E-state index contributed by atoms with van der Waals surface area (Å²) in [5, 5.41) is 29.3. The second kappa shape index (κ2) is 6.98. The van der Waals surface area contributed by atoms with Crippen LogP contribution in [0, 0.1) is 0 Å². The van der Waals surface area contributed by atoms with Gasteiger partial charge < -0.3 is 30.0 Å². The predicted octanol–water partition coefficient (Wildman–Crippen LogP) is -2.87. The smallest absolute Gasteiger partial charge is 0.480 e. The van der Waals surface area contributed by atoms with Crippen molar-refractivity contribution in [3.8, 4) is 0 Å². The van der Waals surface area contributed by atoms with Crippen LogP contribution in [0.1, 0.15) is 0 Å². The minimum Gasteiger partial charge on any atom is -0.480 e. The van der Waals surface area contributed by atoms with E-state index in [-0.39, 0.29) is 0 Å². The maximum atomic E-state index is 9.74. The first-order valence-corrected chi connectivity index (χ1v) is 4.14. The quantitative estimate of drug-likeness (QED) is 0.215. The number of rotatable bonds is 3. The third kappa shape index (κ3) is 34.3. The summed E-state index contributed by atoms with van der Waals surface area (Å²) < 4.78 is 13.3. The highest BCUT2D eigenvalue weighted by molar-refractivity contribution is 7.46. The Balaban J connectivity index is 0. The Kier molecular flexibility index (Phi) is 8.06. The van der Waals surface area contributed by atoms with Gasteiger partial charge in [0.1, 0.15) is 0 Å². The molecule has 9 nitrogen and oxygen atoms in total. The number of carboxylic acids is 1. The summed E-state index contributed by atoms with van der Waals surface area (Å²) in [7, 11) is -6.77. The lowest BCUT2D eigenvalue weighted by Crippen LogP contribution is -2.07. The molecule has 0 heterocycles. The molecule has 11 heteroatoms. The number of hydrogen-bond donors (Lipinski definition) is 6. The zero-order valence-corrected chi connectivity index (χ0v) is 7.03. The molecule has 0 radical (unpaired) electrons. The molecule has 0 aromatic rings. The maximum Gasteiger partial charge on any atom is 0.631 e. The normalized spacial score (nSPS) is 9.92. The lowest BCUT2D eigenvalue weighted by Gasteiger charge is -1.99. The first kappa shape index (κ1) is 15.0. The van der Waals surface area contributed by atoms with Crippen molar-refractivity contribution in [2.75, 3.05) is 6.61 Å². The molecule has 13 heavy (non-hydrogen) atoms. The van der Waals surface area contributed by atoms with E-state index in [1.807, 2.05) is 0 Å². The predicted molar refractivity (Wildman–Crippen MR) is 38.0 cm³/mol. The Morgan fingerprint density at radius 2 is 1.62 bits per heavy atom. The summed E-state index contributed by atoms with van der Waals surface area (Å²) in [6.45, 7) is -0.982. The molecule has 0 rings (SSSR count). The minimum atomic E-state index is -4.60. The average molecular weight is 218 g/mol. The van der Waals surface area contributed by atoms with E-state index in [1.54, 1.807) is 0 Å². The molecule has 6 N–H and O–H groups in total. The van der Waals surface area contributed by atoms with Crippen molar-refractivity contribution in [1.29, 1.82) is 0 Å². The van der Waals surface area contributed by atoms with E-state index in [1.165, 1.54) is 0 Å². The van der Waals surface area contributed by atoms with Gasteiger partial charge in [0.25, 0.3) is 0 Å². The van der Waals surface area contributed by atoms with Gasteiger partial charge in [0, 0.05) is 0 Å². The van der Waals surface area contributed by atoms with Crippen molar-refractivity contribution in [3.05, 3.63) is 0 Å². The highest BCUT2D eigenvalue weighted by Gasteiger charge is 2.14. The van der Waals surface area contributed by atoms with Gasteiger partial charge in [-0.05, 0) is 0 Å².